The topological polar surface area (TPSA) is 119 Å². The summed E-state index contributed by atoms with van der Waals surface area (Å²) in [5.41, 5.74) is 6.62. The average molecular weight is 385 g/mol. The number of morpholine rings is 2. The highest BCUT2D eigenvalue weighted by Gasteiger charge is 2.21. The fraction of sp³-hybridized carbons (Fsp3) is 0.444. The maximum Gasteiger partial charge on any atom is 0.316 e. The van der Waals surface area contributed by atoms with Gasteiger partial charge in [-0.2, -0.15) is 15.0 Å². The normalized spacial score (nSPS) is 17.4. The average Bonchev–Trinajstić information content (AvgIpc) is 2.75. The molecule has 0 unspecified atom stereocenters. The molecule has 0 spiro atoms. The summed E-state index contributed by atoms with van der Waals surface area (Å²) >= 11 is 0. The Balaban J connectivity index is 1.67. The van der Waals surface area contributed by atoms with Crippen LogP contribution in [0.5, 0.6) is 0 Å². The third kappa shape index (κ3) is 4.29. The number of hydrogen-bond acceptors (Lipinski definition) is 8. The Bertz CT molecular complexity index is 782. The summed E-state index contributed by atoms with van der Waals surface area (Å²) in [4.78, 5) is 29.3. The van der Waals surface area contributed by atoms with E-state index in [0.717, 1.165) is 31.7 Å². The third-order valence-electron chi connectivity index (χ3n) is 4.61. The van der Waals surface area contributed by atoms with Crippen LogP contribution in [0.2, 0.25) is 0 Å². The lowest BCUT2D eigenvalue weighted by Gasteiger charge is -2.30. The summed E-state index contributed by atoms with van der Waals surface area (Å²) in [5, 5.41) is 2.55. The van der Waals surface area contributed by atoms with Crippen LogP contribution < -0.4 is 20.9 Å². The van der Waals surface area contributed by atoms with E-state index in [1.165, 1.54) is 0 Å². The van der Waals surface area contributed by atoms with Crippen LogP contribution in [-0.2, 0) is 9.47 Å². The number of nitrogens with zero attached hydrogens (tertiary/aromatic N) is 5. The van der Waals surface area contributed by atoms with Crippen LogP contribution in [0.4, 0.5) is 22.4 Å². The number of urea groups is 1. The van der Waals surface area contributed by atoms with Crippen molar-refractivity contribution in [3.63, 3.8) is 0 Å². The first-order valence-electron chi connectivity index (χ1n) is 9.27. The third-order valence-corrected chi connectivity index (χ3v) is 4.61. The summed E-state index contributed by atoms with van der Waals surface area (Å²) in [6.07, 6.45) is 0. The summed E-state index contributed by atoms with van der Waals surface area (Å²) in [6.45, 7) is 5.59. The molecule has 3 N–H and O–H groups in total. The number of carbonyl (C=O) groups excluding carboxylic acids is 1. The molecule has 0 bridgehead atoms. The number of nitrogens with one attached hydrogen (secondary N) is 1. The van der Waals surface area contributed by atoms with Gasteiger partial charge in [-0.3, -0.25) is 0 Å². The van der Waals surface area contributed by atoms with Gasteiger partial charge in [-0.15, -0.1) is 0 Å². The van der Waals surface area contributed by atoms with Crippen molar-refractivity contribution in [1.82, 2.24) is 15.0 Å². The van der Waals surface area contributed by atoms with Gasteiger partial charge in [0.25, 0.3) is 0 Å². The van der Waals surface area contributed by atoms with E-state index in [1.54, 1.807) is 12.1 Å². The number of rotatable bonds is 4. The van der Waals surface area contributed by atoms with Crippen LogP contribution in [0.25, 0.3) is 11.4 Å². The largest absolute Gasteiger partial charge is 0.378 e. The summed E-state index contributed by atoms with van der Waals surface area (Å²) in [6, 6.07) is 6.65. The maximum atomic E-state index is 11.0. The molecule has 2 aliphatic rings. The number of aromatic nitrogens is 3. The zero-order valence-corrected chi connectivity index (χ0v) is 15.5. The molecule has 2 aromatic rings. The molecule has 2 saturated heterocycles. The van der Waals surface area contributed by atoms with Crippen molar-refractivity contribution in [2.75, 3.05) is 67.7 Å². The van der Waals surface area contributed by atoms with Gasteiger partial charge < -0.3 is 30.3 Å². The van der Waals surface area contributed by atoms with Gasteiger partial charge in [0.05, 0.1) is 26.4 Å². The van der Waals surface area contributed by atoms with Gasteiger partial charge in [-0.1, -0.05) is 0 Å². The molecule has 10 nitrogen and oxygen atoms in total. The highest BCUT2D eigenvalue weighted by Crippen LogP contribution is 2.24. The van der Waals surface area contributed by atoms with E-state index in [0.29, 0.717) is 49.8 Å². The molecule has 2 fully saturated rings. The standard InChI is InChI=1S/C18H23N7O3/c19-16(26)20-14-3-1-13(2-4-14)15-21-17(24-5-9-27-10-6-24)23-18(22-15)25-7-11-28-12-8-25/h1-4H,5-12H2,(H3,19,20,26). The number of amides is 2. The molecule has 1 aromatic heterocycles. The monoisotopic (exact) mass is 385 g/mol. The lowest BCUT2D eigenvalue weighted by molar-refractivity contribution is 0.121. The zero-order chi connectivity index (χ0) is 19.3. The molecule has 2 amide bonds. The summed E-state index contributed by atoms with van der Waals surface area (Å²) < 4.78 is 10.9. The lowest BCUT2D eigenvalue weighted by atomic mass is 10.2. The molecule has 3 heterocycles. The second-order valence-electron chi connectivity index (χ2n) is 6.52. The minimum atomic E-state index is -0.600. The Morgan fingerprint density at radius 1 is 0.857 bits per heavy atom. The van der Waals surface area contributed by atoms with Crippen LogP contribution in [0, 0.1) is 0 Å². The first kappa shape index (κ1) is 18.4. The van der Waals surface area contributed by atoms with Gasteiger partial charge in [-0.05, 0) is 24.3 Å². The Kier molecular flexibility index (Phi) is 5.49. The highest BCUT2D eigenvalue weighted by atomic mass is 16.5. The second-order valence-corrected chi connectivity index (χ2v) is 6.52. The van der Waals surface area contributed by atoms with Gasteiger partial charge in [0.1, 0.15) is 0 Å². The van der Waals surface area contributed by atoms with Crippen molar-refractivity contribution < 1.29 is 14.3 Å². The molecule has 2 aliphatic heterocycles. The Morgan fingerprint density at radius 2 is 1.36 bits per heavy atom. The Morgan fingerprint density at radius 3 is 1.82 bits per heavy atom. The van der Waals surface area contributed by atoms with Gasteiger partial charge in [0, 0.05) is 37.4 Å². The van der Waals surface area contributed by atoms with E-state index in [-0.39, 0.29) is 0 Å². The fourth-order valence-corrected chi connectivity index (χ4v) is 3.14. The number of anilines is 3. The molecule has 0 radical (unpaired) electrons. The SMILES string of the molecule is NC(=O)Nc1ccc(-c2nc(N3CCOCC3)nc(N3CCOCC3)n2)cc1. The van der Waals surface area contributed by atoms with Gasteiger partial charge in [0.15, 0.2) is 5.82 Å². The van der Waals surface area contributed by atoms with Crippen molar-refractivity contribution in [2.45, 2.75) is 0 Å². The van der Waals surface area contributed by atoms with E-state index in [2.05, 4.69) is 15.1 Å². The first-order chi connectivity index (χ1) is 13.7. The molecule has 1 aromatic carbocycles. The molecule has 0 atom stereocenters. The number of carbonyl (C=O) groups is 1. The first-order valence-corrected chi connectivity index (χ1v) is 9.27. The molecule has 10 heteroatoms. The van der Waals surface area contributed by atoms with Crippen molar-refractivity contribution >= 4 is 23.6 Å². The number of hydrogen-bond donors (Lipinski definition) is 2. The quantitative estimate of drug-likeness (QED) is 0.790. The number of nitrogens with two attached hydrogens (primary N) is 1. The van der Waals surface area contributed by atoms with Crippen LogP contribution in [0.15, 0.2) is 24.3 Å². The van der Waals surface area contributed by atoms with Crippen LogP contribution in [-0.4, -0.2) is 73.6 Å². The Labute approximate surface area is 162 Å². The molecule has 0 saturated carbocycles. The highest BCUT2D eigenvalue weighted by molar-refractivity contribution is 5.88. The molecule has 4 rings (SSSR count). The number of primary amides is 1. The van der Waals surface area contributed by atoms with Gasteiger partial charge >= 0.3 is 6.03 Å². The minimum absolute atomic E-state index is 0.587. The summed E-state index contributed by atoms with van der Waals surface area (Å²) in [5.74, 6) is 1.88. The summed E-state index contributed by atoms with van der Waals surface area (Å²) in [7, 11) is 0. The Hall–Kier alpha value is -2.98. The predicted molar refractivity (Wildman–Crippen MR) is 105 cm³/mol. The maximum absolute atomic E-state index is 11.0. The molecular weight excluding hydrogens is 362 g/mol. The molecule has 148 valence electrons. The second kappa shape index (κ2) is 8.36. The van der Waals surface area contributed by atoms with Gasteiger partial charge in [-0.25, -0.2) is 4.79 Å². The van der Waals surface area contributed by atoms with Crippen LogP contribution in [0.1, 0.15) is 0 Å². The molecule has 0 aliphatic carbocycles. The van der Waals surface area contributed by atoms with E-state index >= 15 is 0 Å². The van der Waals surface area contributed by atoms with Crippen molar-refractivity contribution in [3.8, 4) is 11.4 Å². The van der Waals surface area contributed by atoms with Crippen molar-refractivity contribution in [2.24, 2.45) is 5.73 Å². The van der Waals surface area contributed by atoms with Crippen LogP contribution >= 0.6 is 0 Å². The number of ether oxygens (including phenoxy) is 2. The van der Waals surface area contributed by atoms with E-state index in [9.17, 15) is 4.79 Å². The van der Waals surface area contributed by atoms with Crippen LogP contribution in [0.3, 0.4) is 0 Å². The van der Waals surface area contributed by atoms with E-state index < -0.39 is 6.03 Å². The zero-order valence-electron chi connectivity index (χ0n) is 15.5. The fourth-order valence-electron chi connectivity index (χ4n) is 3.14. The molecule has 28 heavy (non-hydrogen) atoms. The van der Waals surface area contributed by atoms with E-state index in [1.807, 2.05) is 12.1 Å². The number of benzene rings is 1. The van der Waals surface area contributed by atoms with E-state index in [4.69, 9.17) is 30.2 Å². The lowest BCUT2D eigenvalue weighted by Crippen LogP contribution is -2.40. The predicted octanol–water partition coefficient (Wildman–Crippen LogP) is 0.702. The van der Waals surface area contributed by atoms with Crippen molar-refractivity contribution in [3.05, 3.63) is 24.3 Å². The molecular formula is C18H23N7O3. The van der Waals surface area contributed by atoms with Gasteiger partial charge in [0.2, 0.25) is 11.9 Å². The minimum Gasteiger partial charge on any atom is -0.378 e. The van der Waals surface area contributed by atoms with Crippen molar-refractivity contribution in [1.29, 1.82) is 0 Å². The smallest absolute Gasteiger partial charge is 0.316 e.